The second-order valence-electron chi connectivity index (χ2n) is 5.96. The molecule has 1 saturated heterocycles. The molecular formula is C17H25ClN4O. The molecule has 0 radical (unpaired) electrons. The molecule has 1 unspecified atom stereocenters. The topological polar surface area (TPSA) is 59.0 Å². The van der Waals surface area contributed by atoms with Gasteiger partial charge in [-0.2, -0.15) is 0 Å². The van der Waals surface area contributed by atoms with E-state index in [1.54, 1.807) is 0 Å². The number of imidazole rings is 1. The molecule has 1 aromatic carbocycles. The zero-order valence-electron chi connectivity index (χ0n) is 13.7. The Bertz CT molecular complexity index is 664. The Labute approximate surface area is 143 Å². The summed E-state index contributed by atoms with van der Waals surface area (Å²) in [4.78, 5) is 17.1. The van der Waals surface area contributed by atoms with Crippen LogP contribution in [0.3, 0.4) is 0 Å². The minimum absolute atomic E-state index is 0. The zero-order chi connectivity index (χ0) is 15.5. The van der Waals surface area contributed by atoms with Gasteiger partial charge < -0.3 is 15.2 Å². The van der Waals surface area contributed by atoms with Crippen molar-refractivity contribution in [1.82, 2.24) is 20.2 Å². The van der Waals surface area contributed by atoms with E-state index in [-0.39, 0.29) is 30.3 Å². The van der Waals surface area contributed by atoms with Crippen molar-refractivity contribution in [1.29, 1.82) is 0 Å². The molecule has 1 aromatic heterocycles. The van der Waals surface area contributed by atoms with E-state index >= 15 is 0 Å². The Kier molecular flexibility index (Phi) is 6.02. The summed E-state index contributed by atoms with van der Waals surface area (Å²) in [5.41, 5.74) is 2.12. The molecule has 1 aliphatic heterocycles. The number of nitrogens with zero attached hydrogens (tertiary/aromatic N) is 2. The Morgan fingerprint density at radius 1 is 1.39 bits per heavy atom. The first-order valence-corrected chi connectivity index (χ1v) is 8.17. The number of carbonyl (C=O) groups excluding carboxylic acids is 1. The number of para-hydroxylation sites is 2. The van der Waals surface area contributed by atoms with Gasteiger partial charge >= 0.3 is 0 Å². The number of hydrogen-bond acceptors (Lipinski definition) is 3. The number of aromatic nitrogens is 2. The third-order valence-electron chi connectivity index (χ3n) is 4.46. The Morgan fingerprint density at radius 3 is 2.78 bits per heavy atom. The van der Waals surface area contributed by atoms with E-state index in [4.69, 9.17) is 4.98 Å². The number of fused-ring (bicyclic) bond motifs is 1. The molecule has 0 aliphatic carbocycles. The van der Waals surface area contributed by atoms with Crippen LogP contribution in [0.5, 0.6) is 0 Å². The molecule has 1 fully saturated rings. The molecule has 1 amide bonds. The largest absolute Gasteiger partial charge is 0.346 e. The van der Waals surface area contributed by atoms with E-state index in [1.165, 1.54) is 0 Å². The molecule has 1 atom stereocenters. The van der Waals surface area contributed by atoms with Crippen LogP contribution in [0.4, 0.5) is 0 Å². The fourth-order valence-corrected chi connectivity index (χ4v) is 3.24. The Hall–Kier alpha value is -1.59. The lowest BCUT2D eigenvalue weighted by molar-refractivity contribution is -0.126. The van der Waals surface area contributed by atoms with Gasteiger partial charge in [-0.3, -0.25) is 4.79 Å². The van der Waals surface area contributed by atoms with Crippen molar-refractivity contribution in [2.45, 2.75) is 39.3 Å². The number of carbonyl (C=O) groups is 1. The van der Waals surface area contributed by atoms with Crippen molar-refractivity contribution in [3.05, 3.63) is 30.1 Å². The second kappa shape index (κ2) is 7.79. The number of nitrogens with one attached hydrogen (secondary N) is 2. The van der Waals surface area contributed by atoms with Crippen LogP contribution in [0.2, 0.25) is 0 Å². The SMILES string of the molecule is CCn1c(C(C)NC(=O)C2CCNCC2)nc2ccccc21.Cl. The van der Waals surface area contributed by atoms with Crippen molar-refractivity contribution in [2.75, 3.05) is 13.1 Å². The lowest BCUT2D eigenvalue weighted by Crippen LogP contribution is -2.39. The van der Waals surface area contributed by atoms with Crippen LogP contribution in [0.1, 0.15) is 38.6 Å². The van der Waals surface area contributed by atoms with Crippen LogP contribution in [-0.4, -0.2) is 28.5 Å². The van der Waals surface area contributed by atoms with E-state index in [2.05, 4.69) is 28.2 Å². The minimum Gasteiger partial charge on any atom is -0.346 e. The van der Waals surface area contributed by atoms with Crippen molar-refractivity contribution < 1.29 is 4.79 Å². The molecule has 23 heavy (non-hydrogen) atoms. The van der Waals surface area contributed by atoms with Crippen molar-refractivity contribution in [2.24, 2.45) is 5.92 Å². The third-order valence-corrected chi connectivity index (χ3v) is 4.46. The maximum absolute atomic E-state index is 12.4. The Balaban J connectivity index is 0.00000192. The van der Waals surface area contributed by atoms with E-state index in [1.807, 2.05) is 25.1 Å². The van der Waals surface area contributed by atoms with Gasteiger partial charge in [0, 0.05) is 12.5 Å². The minimum atomic E-state index is -0.0743. The van der Waals surface area contributed by atoms with Gasteiger partial charge in [-0.1, -0.05) is 12.1 Å². The van der Waals surface area contributed by atoms with Gasteiger partial charge in [0.15, 0.2) is 0 Å². The normalized spacial score (nSPS) is 16.8. The highest BCUT2D eigenvalue weighted by Crippen LogP contribution is 2.21. The van der Waals surface area contributed by atoms with Crippen LogP contribution in [-0.2, 0) is 11.3 Å². The predicted molar refractivity (Wildman–Crippen MR) is 94.8 cm³/mol. The van der Waals surface area contributed by atoms with E-state index in [0.29, 0.717) is 0 Å². The van der Waals surface area contributed by atoms with Gasteiger partial charge in [0.2, 0.25) is 5.91 Å². The number of rotatable bonds is 4. The summed E-state index contributed by atoms with van der Waals surface area (Å²) in [5, 5.41) is 6.45. The monoisotopic (exact) mass is 336 g/mol. The summed E-state index contributed by atoms with van der Waals surface area (Å²) in [6, 6.07) is 8.05. The van der Waals surface area contributed by atoms with Crippen LogP contribution in [0, 0.1) is 5.92 Å². The van der Waals surface area contributed by atoms with Gasteiger partial charge in [-0.15, -0.1) is 12.4 Å². The molecule has 0 saturated carbocycles. The summed E-state index contributed by atoms with van der Waals surface area (Å²) in [5.74, 6) is 1.22. The Morgan fingerprint density at radius 2 is 2.09 bits per heavy atom. The molecule has 2 aromatic rings. The average molecular weight is 337 g/mol. The summed E-state index contributed by atoms with van der Waals surface area (Å²) in [6.45, 7) is 6.84. The second-order valence-corrected chi connectivity index (χ2v) is 5.96. The molecular weight excluding hydrogens is 312 g/mol. The standard InChI is InChI=1S/C17H24N4O.ClH/c1-3-21-15-7-5-4-6-14(15)20-16(21)12(2)19-17(22)13-8-10-18-11-9-13;/h4-7,12-13,18H,3,8-11H2,1-2H3,(H,19,22);1H. The highest BCUT2D eigenvalue weighted by molar-refractivity contribution is 5.85. The van der Waals surface area contributed by atoms with Crippen LogP contribution >= 0.6 is 12.4 Å². The molecule has 2 heterocycles. The molecule has 6 heteroatoms. The first-order chi connectivity index (χ1) is 10.7. The van der Waals surface area contributed by atoms with E-state index in [0.717, 1.165) is 49.3 Å². The lowest BCUT2D eigenvalue weighted by atomic mass is 9.97. The molecule has 5 nitrogen and oxygen atoms in total. The fraction of sp³-hybridized carbons (Fsp3) is 0.529. The fourth-order valence-electron chi connectivity index (χ4n) is 3.24. The zero-order valence-corrected chi connectivity index (χ0v) is 14.5. The lowest BCUT2D eigenvalue weighted by Gasteiger charge is -2.24. The van der Waals surface area contributed by atoms with Gasteiger partial charge in [0.1, 0.15) is 5.82 Å². The summed E-state index contributed by atoms with van der Waals surface area (Å²) in [6.07, 6.45) is 1.84. The van der Waals surface area contributed by atoms with Crippen molar-refractivity contribution in [3.8, 4) is 0 Å². The molecule has 2 N–H and O–H groups in total. The van der Waals surface area contributed by atoms with E-state index in [9.17, 15) is 4.79 Å². The number of amides is 1. The molecule has 126 valence electrons. The summed E-state index contributed by atoms with van der Waals surface area (Å²) >= 11 is 0. The van der Waals surface area contributed by atoms with Gasteiger partial charge in [-0.25, -0.2) is 4.98 Å². The number of aryl methyl sites for hydroxylation is 1. The van der Waals surface area contributed by atoms with Crippen LogP contribution in [0.25, 0.3) is 11.0 Å². The average Bonchev–Trinajstić information content (AvgIpc) is 2.94. The van der Waals surface area contributed by atoms with E-state index < -0.39 is 0 Å². The predicted octanol–water partition coefficient (Wildman–Crippen LogP) is 2.65. The number of benzene rings is 1. The summed E-state index contributed by atoms with van der Waals surface area (Å²) < 4.78 is 2.18. The highest BCUT2D eigenvalue weighted by atomic mass is 35.5. The number of hydrogen-bond donors (Lipinski definition) is 2. The quantitative estimate of drug-likeness (QED) is 0.902. The first-order valence-electron chi connectivity index (χ1n) is 8.17. The van der Waals surface area contributed by atoms with Gasteiger partial charge in [0.25, 0.3) is 0 Å². The van der Waals surface area contributed by atoms with Crippen molar-refractivity contribution >= 4 is 29.3 Å². The molecule has 0 bridgehead atoms. The van der Waals surface area contributed by atoms with Gasteiger partial charge in [0.05, 0.1) is 17.1 Å². The summed E-state index contributed by atoms with van der Waals surface area (Å²) in [7, 11) is 0. The van der Waals surface area contributed by atoms with Crippen LogP contribution < -0.4 is 10.6 Å². The highest BCUT2D eigenvalue weighted by Gasteiger charge is 2.24. The first kappa shape index (κ1) is 17.8. The molecule has 0 spiro atoms. The van der Waals surface area contributed by atoms with Crippen LogP contribution in [0.15, 0.2) is 24.3 Å². The maximum Gasteiger partial charge on any atom is 0.223 e. The maximum atomic E-state index is 12.4. The number of piperidine rings is 1. The molecule has 1 aliphatic rings. The number of halogens is 1. The third kappa shape index (κ3) is 3.67. The van der Waals surface area contributed by atoms with Crippen molar-refractivity contribution in [3.63, 3.8) is 0 Å². The smallest absolute Gasteiger partial charge is 0.223 e. The molecule has 3 rings (SSSR count). The van der Waals surface area contributed by atoms with Gasteiger partial charge in [-0.05, 0) is 51.9 Å².